The molecule has 1 amide bonds. The van der Waals surface area contributed by atoms with E-state index in [1.807, 2.05) is 18.2 Å². The number of nitrogens with zero attached hydrogens (tertiary/aromatic N) is 3. The van der Waals surface area contributed by atoms with Crippen molar-refractivity contribution in [2.75, 3.05) is 13.1 Å². The summed E-state index contributed by atoms with van der Waals surface area (Å²) in [7, 11) is 0. The number of carbonyl (C=O) groups excluding carboxylic acids is 1. The molecule has 6 nitrogen and oxygen atoms in total. The Kier molecular flexibility index (Phi) is 5.73. The Morgan fingerprint density at radius 2 is 1.90 bits per heavy atom. The largest absolute Gasteiger partial charge is 0.507 e. The first-order chi connectivity index (χ1) is 14.7. The van der Waals surface area contributed by atoms with E-state index in [1.165, 1.54) is 42.0 Å². The van der Waals surface area contributed by atoms with Gasteiger partial charge in [0.2, 0.25) is 0 Å². The minimum absolute atomic E-state index is 0.0474. The number of phenolic OH excluding ortho intramolecular Hbond substituents is 1. The second-order valence-corrected chi connectivity index (χ2v) is 7.39. The molecule has 30 heavy (non-hydrogen) atoms. The summed E-state index contributed by atoms with van der Waals surface area (Å²) < 4.78 is 0. The molecular weight excluding hydrogens is 376 g/mol. The third kappa shape index (κ3) is 4.17. The molecule has 2 N–H and O–H groups in total. The maximum absolute atomic E-state index is 12.3. The van der Waals surface area contributed by atoms with Gasteiger partial charge in [-0.15, -0.1) is 0 Å². The van der Waals surface area contributed by atoms with E-state index in [0.717, 1.165) is 30.6 Å². The predicted molar refractivity (Wildman–Crippen MR) is 116 cm³/mol. The van der Waals surface area contributed by atoms with E-state index in [2.05, 4.69) is 39.7 Å². The van der Waals surface area contributed by atoms with Crippen LogP contribution in [0, 0.1) is 11.3 Å². The first kappa shape index (κ1) is 19.6. The van der Waals surface area contributed by atoms with Crippen molar-refractivity contribution in [2.45, 2.75) is 19.4 Å². The van der Waals surface area contributed by atoms with Crippen LogP contribution >= 0.6 is 0 Å². The molecule has 0 aromatic heterocycles. The lowest BCUT2D eigenvalue weighted by Crippen LogP contribution is -2.18. The topological polar surface area (TPSA) is 88.7 Å². The Morgan fingerprint density at radius 1 is 1.13 bits per heavy atom. The standard InChI is InChI=1S/C24H22N4O2/c25-14-20-13-17(9-10-23(20)29)24(30)27-26-15-18-5-3-8-22-19(6-4-7-21(18)22)16-28-11-1-2-12-28/h3-10,13,15,29H,1-2,11-12,16H2,(H,27,30)/b26-15+. The Morgan fingerprint density at radius 3 is 2.70 bits per heavy atom. The van der Waals surface area contributed by atoms with Gasteiger partial charge in [0.1, 0.15) is 11.8 Å². The van der Waals surface area contributed by atoms with Crippen LogP contribution in [0.2, 0.25) is 0 Å². The first-order valence-electron chi connectivity index (χ1n) is 9.95. The zero-order chi connectivity index (χ0) is 20.9. The minimum atomic E-state index is -0.447. The van der Waals surface area contributed by atoms with Gasteiger partial charge < -0.3 is 5.11 Å². The average molecular weight is 398 g/mol. The summed E-state index contributed by atoms with van der Waals surface area (Å²) in [5, 5.41) is 24.9. The van der Waals surface area contributed by atoms with Crippen LogP contribution in [0.4, 0.5) is 0 Å². The van der Waals surface area contributed by atoms with Crippen LogP contribution in [-0.2, 0) is 6.54 Å². The Hall–Kier alpha value is -3.69. The van der Waals surface area contributed by atoms with Crippen LogP contribution < -0.4 is 5.43 Å². The molecule has 6 heteroatoms. The third-order valence-corrected chi connectivity index (χ3v) is 5.39. The Labute approximate surface area is 175 Å². The molecule has 0 aliphatic carbocycles. The van der Waals surface area contributed by atoms with Gasteiger partial charge in [-0.3, -0.25) is 9.69 Å². The number of carbonyl (C=O) groups is 1. The van der Waals surface area contributed by atoms with Gasteiger partial charge in [0.25, 0.3) is 5.91 Å². The highest BCUT2D eigenvalue weighted by molar-refractivity contribution is 6.02. The summed E-state index contributed by atoms with van der Waals surface area (Å²) in [6.07, 6.45) is 4.16. The lowest BCUT2D eigenvalue weighted by atomic mass is 10.0. The second kappa shape index (κ2) is 8.76. The highest BCUT2D eigenvalue weighted by Gasteiger charge is 2.13. The van der Waals surface area contributed by atoms with Crippen LogP contribution in [0.3, 0.4) is 0 Å². The van der Waals surface area contributed by atoms with Gasteiger partial charge >= 0.3 is 0 Å². The number of nitriles is 1. The van der Waals surface area contributed by atoms with Gasteiger partial charge in [-0.1, -0.05) is 36.4 Å². The Bertz CT molecular complexity index is 1160. The van der Waals surface area contributed by atoms with Crippen LogP contribution in [0.15, 0.2) is 59.7 Å². The van der Waals surface area contributed by atoms with Crippen LogP contribution in [0.5, 0.6) is 5.75 Å². The molecule has 0 bridgehead atoms. The van der Waals surface area contributed by atoms with E-state index in [0.29, 0.717) is 0 Å². The van der Waals surface area contributed by atoms with E-state index in [4.69, 9.17) is 5.26 Å². The number of phenols is 1. The van der Waals surface area contributed by atoms with Crippen molar-refractivity contribution < 1.29 is 9.90 Å². The van der Waals surface area contributed by atoms with Gasteiger partial charge in [0, 0.05) is 17.7 Å². The number of hydrogen-bond acceptors (Lipinski definition) is 5. The summed E-state index contributed by atoms with van der Waals surface area (Å²) in [5.41, 5.74) is 5.00. The van der Waals surface area contributed by atoms with E-state index >= 15 is 0 Å². The van der Waals surface area contributed by atoms with Crippen LogP contribution in [-0.4, -0.2) is 35.2 Å². The van der Waals surface area contributed by atoms with E-state index in [9.17, 15) is 9.90 Å². The number of rotatable bonds is 5. The number of hydrogen-bond donors (Lipinski definition) is 2. The van der Waals surface area contributed by atoms with Gasteiger partial charge in [-0.2, -0.15) is 10.4 Å². The van der Waals surface area contributed by atoms with Gasteiger partial charge in [-0.25, -0.2) is 5.43 Å². The first-order valence-corrected chi connectivity index (χ1v) is 9.95. The maximum atomic E-state index is 12.3. The Balaban J connectivity index is 1.53. The maximum Gasteiger partial charge on any atom is 0.271 e. The lowest BCUT2D eigenvalue weighted by molar-refractivity contribution is 0.0955. The molecule has 1 fully saturated rings. The number of nitrogens with one attached hydrogen (secondary N) is 1. The van der Waals surface area contributed by atoms with Gasteiger partial charge in [-0.05, 0) is 60.5 Å². The van der Waals surface area contributed by atoms with Gasteiger partial charge in [0.05, 0.1) is 11.8 Å². The van der Waals surface area contributed by atoms with Crippen LogP contribution in [0.1, 0.15) is 39.9 Å². The predicted octanol–water partition coefficient (Wildman–Crippen LogP) is 3.78. The summed E-state index contributed by atoms with van der Waals surface area (Å²) in [6.45, 7) is 3.24. The van der Waals surface area contributed by atoms with Crippen molar-refractivity contribution in [1.29, 1.82) is 5.26 Å². The number of amides is 1. The molecule has 150 valence electrons. The molecule has 0 atom stereocenters. The third-order valence-electron chi connectivity index (χ3n) is 5.39. The summed E-state index contributed by atoms with van der Waals surface area (Å²) in [4.78, 5) is 14.8. The van der Waals surface area contributed by atoms with E-state index in [1.54, 1.807) is 6.21 Å². The average Bonchev–Trinajstić information content (AvgIpc) is 3.27. The number of benzene rings is 3. The molecule has 0 spiro atoms. The molecular formula is C24H22N4O2. The molecule has 1 saturated heterocycles. The SMILES string of the molecule is N#Cc1cc(C(=O)N/N=C/c2cccc3c(CN4CCCC4)cccc23)ccc1O. The van der Waals surface area contributed by atoms with Gasteiger partial charge in [0.15, 0.2) is 0 Å². The fourth-order valence-corrected chi connectivity index (χ4v) is 3.82. The summed E-state index contributed by atoms with van der Waals surface area (Å²) in [5.74, 6) is -0.601. The molecule has 0 unspecified atom stereocenters. The normalized spacial score (nSPS) is 14.2. The zero-order valence-electron chi connectivity index (χ0n) is 16.5. The van der Waals surface area contributed by atoms with Crippen molar-refractivity contribution in [3.8, 4) is 11.8 Å². The molecule has 0 saturated carbocycles. The summed E-state index contributed by atoms with van der Waals surface area (Å²) >= 11 is 0. The number of hydrazone groups is 1. The molecule has 1 aliphatic rings. The van der Waals surface area contributed by atoms with Crippen LogP contribution in [0.25, 0.3) is 10.8 Å². The highest BCUT2D eigenvalue weighted by Crippen LogP contribution is 2.24. The molecule has 1 heterocycles. The zero-order valence-corrected chi connectivity index (χ0v) is 16.5. The lowest BCUT2D eigenvalue weighted by Gasteiger charge is -2.16. The monoisotopic (exact) mass is 398 g/mol. The highest BCUT2D eigenvalue weighted by atomic mass is 16.3. The van der Waals surface area contributed by atoms with Crippen molar-refractivity contribution >= 4 is 22.9 Å². The smallest absolute Gasteiger partial charge is 0.271 e. The van der Waals surface area contributed by atoms with Crippen molar-refractivity contribution in [1.82, 2.24) is 10.3 Å². The van der Waals surface area contributed by atoms with E-state index in [-0.39, 0.29) is 16.9 Å². The molecule has 0 radical (unpaired) electrons. The van der Waals surface area contributed by atoms with Crippen molar-refractivity contribution in [2.24, 2.45) is 5.10 Å². The van der Waals surface area contributed by atoms with Crippen molar-refractivity contribution in [3.05, 3.63) is 76.9 Å². The molecule has 4 rings (SSSR count). The molecule has 1 aliphatic heterocycles. The number of aromatic hydroxyl groups is 1. The molecule has 3 aromatic rings. The number of fused-ring (bicyclic) bond motifs is 1. The molecule has 3 aromatic carbocycles. The fraction of sp³-hybridized carbons (Fsp3) is 0.208. The fourth-order valence-electron chi connectivity index (χ4n) is 3.82. The van der Waals surface area contributed by atoms with E-state index < -0.39 is 5.91 Å². The minimum Gasteiger partial charge on any atom is -0.507 e. The quantitative estimate of drug-likeness (QED) is 0.506. The summed E-state index contributed by atoms with van der Waals surface area (Å²) in [6, 6.07) is 18.3. The van der Waals surface area contributed by atoms with Crippen molar-refractivity contribution in [3.63, 3.8) is 0 Å². The second-order valence-electron chi connectivity index (χ2n) is 7.39. The number of likely N-dealkylation sites (tertiary alicyclic amines) is 1.